The van der Waals surface area contributed by atoms with Gasteiger partial charge in [0.2, 0.25) is 15.9 Å². The van der Waals surface area contributed by atoms with Crippen molar-refractivity contribution in [2.75, 3.05) is 14.1 Å². The molecule has 3 rings (SSSR count). The molecule has 1 aromatic carbocycles. The highest BCUT2D eigenvalue weighted by Gasteiger charge is 2.19. The highest BCUT2D eigenvalue weighted by molar-refractivity contribution is 7.89. The molecule has 0 fully saturated rings. The summed E-state index contributed by atoms with van der Waals surface area (Å²) in [6, 6.07) is 8.49. The molecular formula is C19H23ClN4O3S2. The summed E-state index contributed by atoms with van der Waals surface area (Å²) in [5.74, 6) is 0.645. The zero-order valence-electron chi connectivity index (χ0n) is 16.6. The van der Waals surface area contributed by atoms with Crippen LogP contribution >= 0.6 is 22.9 Å². The molecule has 0 aliphatic heterocycles. The van der Waals surface area contributed by atoms with Crippen LogP contribution in [0.1, 0.15) is 30.1 Å². The van der Waals surface area contributed by atoms with Crippen LogP contribution in [0.5, 0.6) is 0 Å². The Hall–Kier alpha value is -1.94. The summed E-state index contributed by atoms with van der Waals surface area (Å²) in [5, 5.41) is 2.97. The van der Waals surface area contributed by atoms with Gasteiger partial charge in [0.05, 0.1) is 26.3 Å². The van der Waals surface area contributed by atoms with Gasteiger partial charge in [-0.25, -0.2) is 17.7 Å². The molecule has 156 valence electrons. The van der Waals surface area contributed by atoms with Crippen molar-refractivity contribution in [1.29, 1.82) is 0 Å². The van der Waals surface area contributed by atoms with Gasteiger partial charge in [0, 0.05) is 38.9 Å². The van der Waals surface area contributed by atoms with Crippen LogP contribution in [0, 0.1) is 0 Å². The van der Waals surface area contributed by atoms with Gasteiger partial charge in [-0.2, -0.15) is 0 Å². The molecular weight excluding hydrogens is 432 g/mol. The molecule has 29 heavy (non-hydrogen) atoms. The van der Waals surface area contributed by atoms with Gasteiger partial charge in [-0.1, -0.05) is 11.6 Å². The van der Waals surface area contributed by atoms with Gasteiger partial charge >= 0.3 is 0 Å². The highest BCUT2D eigenvalue weighted by Crippen LogP contribution is 2.27. The summed E-state index contributed by atoms with van der Waals surface area (Å²) in [5.41, 5.74) is 1.41. The molecule has 2 heterocycles. The van der Waals surface area contributed by atoms with Crippen LogP contribution in [-0.4, -0.2) is 42.3 Å². The number of rotatable bonds is 7. The van der Waals surface area contributed by atoms with Gasteiger partial charge in [-0.3, -0.25) is 4.79 Å². The first-order chi connectivity index (χ1) is 13.6. The number of halogens is 1. The average Bonchev–Trinajstić information content (AvgIpc) is 3.23. The number of amides is 1. The molecule has 10 heteroatoms. The zero-order valence-corrected chi connectivity index (χ0v) is 19.0. The smallest absolute Gasteiger partial charge is 0.242 e. The second kappa shape index (κ2) is 8.43. The lowest BCUT2D eigenvalue weighted by Crippen LogP contribution is -2.26. The van der Waals surface area contributed by atoms with Crippen LogP contribution in [0.2, 0.25) is 4.34 Å². The fourth-order valence-electron chi connectivity index (χ4n) is 3.00. The molecule has 0 saturated heterocycles. The maximum Gasteiger partial charge on any atom is 0.242 e. The Morgan fingerprint density at radius 3 is 2.66 bits per heavy atom. The van der Waals surface area contributed by atoms with Crippen LogP contribution in [0.3, 0.4) is 0 Å². The van der Waals surface area contributed by atoms with E-state index in [-0.39, 0.29) is 23.3 Å². The van der Waals surface area contributed by atoms with Crippen molar-refractivity contribution in [2.45, 2.75) is 30.7 Å². The molecule has 1 N–H and O–H groups in total. The van der Waals surface area contributed by atoms with Crippen molar-refractivity contribution in [1.82, 2.24) is 19.2 Å². The highest BCUT2D eigenvalue weighted by atomic mass is 35.5. The molecule has 1 atom stereocenters. The van der Waals surface area contributed by atoms with Crippen molar-refractivity contribution >= 4 is 49.9 Å². The van der Waals surface area contributed by atoms with Gasteiger partial charge in [-0.05, 0) is 37.3 Å². The Bertz CT molecular complexity index is 1150. The number of thiophene rings is 1. The van der Waals surface area contributed by atoms with Crippen LogP contribution in [0.4, 0.5) is 0 Å². The van der Waals surface area contributed by atoms with Gasteiger partial charge in [-0.15, -0.1) is 11.3 Å². The number of carbonyl (C=O) groups excluding carboxylic acids is 1. The molecule has 1 amide bonds. The first kappa shape index (κ1) is 21.8. The summed E-state index contributed by atoms with van der Waals surface area (Å²) >= 11 is 7.39. The van der Waals surface area contributed by atoms with Crippen LogP contribution in [0.15, 0.2) is 35.2 Å². The number of benzene rings is 1. The molecule has 7 nitrogen and oxygen atoms in total. The standard InChI is InChI=1S/C19H23ClN4O3S2/c1-12(16-7-8-17(20)28-16)21-19(25)10-9-18-22-14-11-13(29(26,27)23(2)3)5-6-15(14)24(18)4/h5-8,11-12H,9-10H2,1-4H3,(H,21,25). The van der Waals surface area contributed by atoms with E-state index in [0.29, 0.717) is 16.3 Å². The minimum atomic E-state index is -3.52. The first-order valence-corrected chi connectivity index (χ1v) is 11.7. The van der Waals surface area contributed by atoms with Crippen LogP contribution < -0.4 is 5.32 Å². The van der Waals surface area contributed by atoms with Crippen LogP contribution in [-0.2, 0) is 28.3 Å². The van der Waals surface area contributed by atoms with Crippen molar-refractivity contribution in [3.8, 4) is 0 Å². The Kier molecular flexibility index (Phi) is 6.33. The molecule has 3 aromatic rings. The lowest BCUT2D eigenvalue weighted by Gasteiger charge is -2.12. The predicted molar refractivity (Wildman–Crippen MR) is 116 cm³/mol. The van der Waals surface area contributed by atoms with Crippen molar-refractivity contribution in [3.05, 3.63) is 45.4 Å². The van der Waals surface area contributed by atoms with Crippen molar-refractivity contribution in [2.24, 2.45) is 7.05 Å². The van der Waals surface area contributed by atoms with Gasteiger partial charge in [0.25, 0.3) is 0 Å². The van der Waals surface area contributed by atoms with Crippen molar-refractivity contribution < 1.29 is 13.2 Å². The predicted octanol–water partition coefficient (Wildman–Crippen LogP) is 3.35. The summed E-state index contributed by atoms with van der Waals surface area (Å²) in [7, 11) is 1.32. The lowest BCUT2D eigenvalue weighted by molar-refractivity contribution is -0.121. The first-order valence-electron chi connectivity index (χ1n) is 9.02. The van der Waals surface area contributed by atoms with E-state index in [1.54, 1.807) is 18.2 Å². The van der Waals surface area contributed by atoms with E-state index in [9.17, 15) is 13.2 Å². The Morgan fingerprint density at radius 1 is 1.31 bits per heavy atom. The monoisotopic (exact) mass is 454 g/mol. The van der Waals surface area contributed by atoms with Gasteiger partial charge in [0.1, 0.15) is 5.82 Å². The second-order valence-corrected chi connectivity index (χ2v) is 10.9. The number of carbonyl (C=O) groups is 1. The van der Waals surface area contributed by atoms with Gasteiger partial charge in [0.15, 0.2) is 0 Å². The fraction of sp³-hybridized carbons (Fsp3) is 0.368. The Morgan fingerprint density at radius 2 is 2.03 bits per heavy atom. The largest absolute Gasteiger partial charge is 0.349 e. The number of nitrogens with zero attached hydrogens (tertiary/aromatic N) is 3. The topological polar surface area (TPSA) is 84.3 Å². The third kappa shape index (κ3) is 4.63. The number of sulfonamides is 1. The normalized spacial score (nSPS) is 13.2. The number of nitrogens with one attached hydrogen (secondary N) is 1. The third-order valence-corrected chi connectivity index (χ3v) is 7.92. The molecule has 0 aliphatic carbocycles. The maximum atomic E-state index is 12.3. The number of fused-ring (bicyclic) bond motifs is 1. The summed E-state index contributed by atoms with van der Waals surface area (Å²) in [6.07, 6.45) is 0.730. The third-order valence-electron chi connectivity index (χ3n) is 4.70. The minimum Gasteiger partial charge on any atom is -0.349 e. The van der Waals surface area contributed by atoms with E-state index in [1.807, 2.05) is 30.7 Å². The maximum absolute atomic E-state index is 12.3. The molecule has 1 unspecified atom stereocenters. The van der Waals surface area contributed by atoms with E-state index < -0.39 is 10.0 Å². The number of aromatic nitrogens is 2. The summed E-state index contributed by atoms with van der Waals surface area (Å²) in [6.45, 7) is 1.92. The fourth-order valence-corrected chi connectivity index (χ4v) is 4.98. The van der Waals surface area contributed by atoms with E-state index in [4.69, 9.17) is 11.6 Å². The zero-order chi connectivity index (χ0) is 21.3. The number of imidazole rings is 1. The lowest BCUT2D eigenvalue weighted by atomic mass is 10.2. The number of aryl methyl sites for hydroxylation is 2. The molecule has 2 aromatic heterocycles. The quantitative estimate of drug-likeness (QED) is 0.593. The van der Waals surface area contributed by atoms with Crippen LogP contribution in [0.25, 0.3) is 11.0 Å². The molecule has 0 radical (unpaired) electrons. The summed E-state index contributed by atoms with van der Waals surface area (Å²) in [4.78, 5) is 18.1. The summed E-state index contributed by atoms with van der Waals surface area (Å²) < 4.78 is 28.4. The minimum absolute atomic E-state index is 0.0787. The van der Waals surface area contributed by atoms with Gasteiger partial charge < -0.3 is 9.88 Å². The molecule has 0 bridgehead atoms. The molecule has 0 spiro atoms. The molecule has 0 saturated carbocycles. The molecule has 0 aliphatic rings. The number of hydrogen-bond donors (Lipinski definition) is 1. The van der Waals surface area contributed by atoms with Crippen molar-refractivity contribution in [3.63, 3.8) is 0 Å². The average molecular weight is 455 g/mol. The second-order valence-electron chi connectivity index (χ2n) is 6.96. The Balaban J connectivity index is 1.71. The van der Waals surface area contributed by atoms with E-state index in [1.165, 1.54) is 29.7 Å². The van der Waals surface area contributed by atoms with E-state index in [0.717, 1.165) is 16.2 Å². The SMILES string of the molecule is CC(NC(=O)CCc1nc2cc(S(=O)(=O)N(C)C)ccc2n1C)c1ccc(Cl)s1. The number of hydrogen-bond acceptors (Lipinski definition) is 5. The Labute approximate surface area is 179 Å². The van der Waals surface area contributed by atoms with E-state index >= 15 is 0 Å². The van der Waals surface area contributed by atoms with E-state index in [2.05, 4.69) is 10.3 Å².